The first-order valence-electron chi connectivity index (χ1n) is 5.25. The van der Waals surface area contributed by atoms with Crippen molar-refractivity contribution in [2.75, 3.05) is 19.8 Å². The molecule has 1 N–H and O–H groups in total. The van der Waals surface area contributed by atoms with Gasteiger partial charge in [-0.3, -0.25) is 9.69 Å². The summed E-state index contributed by atoms with van der Waals surface area (Å²) in [5, 5.41) is 9.32. The van der Waals surface area contributed by atoms with E-state index in [1.807, 2.05) is 0 Å². The van der Waals surface area contributed by atoms with Crippen LogP contribution in [0.15, 0.2) is 0 Å². The van der Waals surface area contributed by atoms with Crippen molar-refractivity contribution in [3.63, 3.8) is 0 Å². The molecule has 0 spiro atoms. The highest BCUT2D eigenvalue weighted by Crippen LogP contribution is 2.33. The Kier molecular flexibility index (Phi) is 2.49. The molecule has 0 saturated carbocycles. The SMILES string of the molecule is CC1CCCN1C1(C(=O)O)CCOC1. The van der Waals surface area contributed by atoms with E-state index in [0.717, 1.165) is 19.4 Å². The number of rotatable bonds is 2. The fourth-order valence-electron chi connectivity index (χ4n) is 2.64. The zero-order valence-electron chi connectivity index (χ0n) is 8.53. The van der Waals surface area contributed by atoms with E-state index in [9.17, 15) is 9.90 Å². The van der Waals surface area contributed by atoms with Gasteiger partial charge in [-0.1, -0.05) is 0 Å². The van der Waals surface area contributed by atoms with Gasteiger partial charge in [-0.05, 0) is 26.3 Å². The van der Waals surface area contributed by atoms with E-state index in [-0.39, 0.29) is 0 Å². The van der Waals surface area contributed by atoms with Crippen molar-refractivity contribution < 1.29 is 14.6 Å². The molecule has 2 rings (SSSR count). The van der Waals surface area contributed by atoms with Crippen molar-refractivity contribution in [3.05, 3.63) is 0 Å². The van der Waals surface area contributed by atoms with Gasteiger partial charge in [-0.2, -0.15) is 0 Å². The predicted molar refractivity (Wildman–Crippen MR) is 51.2 cm³/mol. The predicted octanol–water partition coefficient (Wildman–Crippen LogP) is 0.714. The van der Waals surface area contributed by atoms with Crippen molar-refractivity contribution in [2.24, 2.45) is 0 Å². The minimum atomic E-state index is -0.726. The third-order valence-corrected chi connectivity index (χ3v) is 3.50. The summed E-state index contributed by atoms with van der Waals surface area (Å²) in [6.07, 6.45) is 2.85. The maximum atomic E-state index is 11.3. The van der Waals surface area contributed by atoms with Crippen LogP contribution < -0.4 is 0 Å². The van der Waals surface area contributed by atoms with Gasteiger partial charge in [0.25, 0.3) is 0 Å². The van der Waals surface area contributed by atoms with E-state index in [1.165, 1.54) is 0 Å². The van der Waals surface area contributed by atoms with Crippen LogP contribution in [0.5, 0.6) is 0 Å². The Morgan fingerprint density at radius 3 is 2.86 bits per heavy atom. The summed E-state index contributed by atoms with van der Waals surface area (Å²) in [6.45, 7) is 3.94. The molecular weight excluding hydrogens is 182 g/mol. The molecule has 2 fully saturated rings. The molecule has 14 heavy (non-hydrogen) atoms. The van der Waals surface area contributed by atoms with Crippen LogP contribution in [0.25, 0.3) is 0 Å². The summed E-state index contributed by atoms with van der Waals surface area (Å²) in [6, 6.07) is 0.382. The summed E-state index contributed by atoms with van der Waals surface area (Å²) in [5.41, 5.74) is -0.726. The molecule has 2 aliphatic rings. The Morgan fingerprint density at radius 2 is 2.43 bits per heavy atom. The molecular formula is C10H17NO3. The van der Waals surface area contributed by atoms with Crippen LogP contribution >= 0.6 is 0 Å². The number of nitrogens with zero attached hydrogens (tertiary/aromatic N) is 1. The van der Waals surface area contributed by atoms with E-state index < -0.39 is 11.5 Å². The molecule has 2 heterocycles. The fraction of sp³-hybridized carbons (Fsp3) is 0.900. The summed E-state index contributed by atoms with van der Waals surface area (Å²) >= 11 is 0. The number of carboxylic acids is 1. The summed E-state index contributed by atoms with van der Waals surface area (Å²) in [5.74, 6) is -0.719. The van der Waals surface area contributed by atoms with Crippen LogP contribution in [0.2, 0.25) is 0 Å². The molecule has 0 radical (unpaired) electrons. The second kappa shape index (κ2) is 3.51. The number of likely N-dealkylation sites (tertiary alicyclic amines) is 1. The summed E-state index contributed by atoms with van der Waals surface area (Å²) in [4.78, 5) is 13.4. The van der Waals surface area contributed by atoms with E-state index in [2.05, 4.69) is 11.8 Å². The van der Waals surface area contributed by atoms with Crippen molar-refractivity contribution in [1.82, 2.24) is 4.90 Å². The molecule has 4 heteroatoms. The van der Waals surface area contributed by atoms with E-state index in [1.54, 1.807) is 0 Å². The highest BCUT2D eigenvalue weighted by Gasteiger charge is 2.50. The lowest BCUT2D eigenvalue weighted by atomic mass is 9.95. The van der Waals surface area contributed by atoms with E-state index in [4.69, 9.17) is 4.74 Å². The Balaban J connectivity index is 2.21. The zero-order chi connectivity index (χ0) is 10.2. The lowest BCUT2D eigenvalue weighted by Gasteiger charge is -2.36. The van der Waals surface area contributed by atoms with Gasteiger partial charge in [0, 0.05) is 19.1 Å². The zero-order valence-corrected chi connectivity index (χ0v) is 8.53. The third kappa shape index (κ3) is 1.33. The van der Waals surface area contributed by atoms with Gasteiger partial charge in [0.1, 0.15) is 5.54 Å². The van der Waals surface area contributed by atoms with Gasteiger partial charge < -0.3 is 9.84 Å². The molecule has 2 aliphatic heterocycles. The van der Waals surface area contributed by atoms with Gasteiger partial charge in [-0.25, -0.2) is 0 Å². The Labute approximate surface area is 83.8 Å². The fourth-order valence-corrected chi connectivity index (χ4v) is 2.64. The molecule has 2 saturated heterocycles. The molecule has 80 valence electrons. The van der Waals surface area contributed by atoms with Crippen LogP contribution in [0, 0.1) is 0 Å². The second-order valence-electron chi connectivity index (χ2n) is 4.32. The molecule has 0 aromatic rings. The van der Waals surface area contributed by atoms with Gasteiger partial charge >= 0.3 is 5.97 Å². The monoisotopic (exact) mass is 199 g/mol. The van der Waals surface area contributed by atoms with Crippen molar-refractivity contribution in [2.45, 2.75) is 37.8 Å². The van der Waals surface area contributed by atoms with Crippen molar-refractivity contribution in [3.8, 4) is 0 Å². The standard InChI is InChI=1S/C10H17NO3/c1-8-3-2-5-11(8)10(9(12)13)4-6-14-7-10/h8H,2-7H2,1H3,(H,12,13). The van der Waals surface area contributed by atoms with E-state index >= 15 is 0 Å². The number of ether oxygens (including phenoxy) is 1. The average Bonchev–Trinajstić information content (AvgIpc) is 2.72. The van der Waals surface area contributed by atoms with Gasteiger partial charge in [-0.15, -0.1) is 0 Å². The van der Waals surface area contributed by atoms with Crippen molar-refractivity contribution in [1.29, 1.82) is 0 Å². The number of carbonyl (C=O) groups is 1. The maximum absolute atomic E-state index is 11.3. The number of hydrogen-bond donors (Lipinski definition) is 1. The topological polar surface area (TPSA) is 49.8 Å². The lowest BCUT2D eigenvalue weighted by Crippen LogP contribution is -2.56. The largest absolute Gasteiger partial charge is 0.480 e. The third-order valence-electron chi connectivity index (χ3n) is 3.50. The average molecular weight is 199 g/mol. The molecule has 0 aromatic heterocycles. The molecule has 2 atom stereocenters. The normalized spacial score (nSPS) is 39.1. The summed E-state index contributed by atoms with van der Waals surface area (Å²) in [7, 11) is 0. The van der Waals surface area contributed by atoms with Gasteiger partial charge in [0.05, 0.1) is 6.61 Å². The Bertz CT molecular complexity index is 236. The van der Waals surface area contributed by atoms with Crippen LogP contribution in [-0.2, 0) is 9.53 Å². The first kappa shape index (κ1) is 9.93. The van der Waals surface area contributed by atoms with Crippen LogP contribution in [0.4, 0.5) is 0 Å². The Hall–Kier alpha value is -0.610. The van der Waals surface area contributed by atoms with Gasteiger partial charge in [0.15, 0.2) is 0 Å². The van der Waals surface area contributed by atoms with Crippen molar-refractivity contribution >= 4 is 5.97 Å². The maximum Gasteiger partial charge on any atom is 0.326 e. The molecule has 0 aliphatic carbocycles. The first-order chi connectivity index (χ1) is 6.67. The highest BCUT2D eigenvalue weighted by atomic mass is 16.5. The van der Waals surface area contributed by atoms with Crippen LogP contribution in [0.1, 0.15) is 26.2 Å². The van der Waals surface area contributed by atoms with Gasteiger partial charge in [0.2, 0.25) is 0 Å². The second-order valence-corrected chi connectivity index (χ2v) is 4.32. The van der Waals surface area contributed by atoms with E-state index in [0.29, 0.717) is 25.7 Å². The lowest BCUT2D eigenvalue weighted by molar-refractivity contribution is -0.152. The Morgan fingerprint density at radius 1 is 1.64 bits per heavy atom. The molecule has 0 bridgehead atoms. The summed E-state index contributed by atoms with van der Waals surface area (Å²) < 4.78 is 5.26. The quantitative estimate of drug-likeness (QED) is 0.711. The first-order valence-corrected chi connectivity index (χ1v) is 5.25. The van der Waals surface area contributed by atoms with Crippen LogP contribution in [0.3, 0.4) is 0 Å². The smallest absolute Gasteiger partial charge is 0.326 e. The number of aliphatic carboxylic acids is 1. The van der Waals surface area contributed by atoms with Crippen LogP contribution in [-0.4, -0.2) is 47.3 Å². The number of carboxylic acid groups (broad SMARTS) is 1. The minimum absolute atomic E-state index is 0.354. The molecule has 0 aromatic carbocycles. The highest BCUT2D eigenvalue weighted by molar-refractivity contribution is 5.79. The minimum Gasteiger partial charge on any atom is -0.480 e. The molecule has 0 amide bonds. The number of hydrogen-bond acceptors (Lipinski definition) is 3. The molecule has 2 unspecified atom stereocenters. The molecule has 4 nitrogen and oxygen atoms in total.